The third kappa shape index (κ3) is 4.30. The molecule has 1 unspecified atom stereocenters. The lowest BCUT2D eigenvalue weighted by Gasteiger charge is -2.17. The minimum absolute atomic E-state index is 0.0970. The summed E-state index contributed by atoms with van der Waals surface area (Å²) in [5.74, 6) is -0.293. The summed E-state index contributed by atoms with van der Waals surface area (Å²) in [6.07, 6.45) is 0.141. The number of carbonyl (C=O) groups is 2. The van der Waals surface area contributed by atoms with E-state index in [1.165, 1.54) is 11.3 Å². The number of carbonyl (C=O) groups excluding carboxylic acids is 2. The molecule has 1 aliphatic heterocycles. The Kier molecular flexibility index (Phi) is 5.57. The molecular weight excluding hydrogens is 388 g/mol. The molecule has 148 valence electrons. The Morgan fingerprint density at radius 1 is 1.21 bits per heavy atom. The maximum atomic E-state index is 12.5. The van der Waals surface area contributed by atoms with E-state index in [1.54, 1.807) is 18.1 Å². The number of anilines is 1. The molecule has 0 radical (unpaired) electrons. The Morgan fingerprint density at radius 2 is 2.03 bits per heavy atom. The number of esters is 1. The summed E-state index contributed by atoms with van der Waals surface area (Å²) in [6, 6.07) is 17.1. The van der Waals surface area contributed by atoms with Crippen LogP contribution < -0.4 is 9.64 Å². The van der Waals surface area contributed by atoms with E-state index in [2.05, 4.69) is 4.98 Å². The molecule has 0 N–H and O–H groups in total. The van der Waals surface area contributed by atoms with Crippen molar-refractivity contribution in [2.24, 2.45) is 5.92 Å². The molecule has 7 heteroatoms. The van der Waals surface area contributed by atoms with Crippen LogP contribution >= 0.6 is 11.3 Å². The first-order valence-electron chi connectivity index (χ1n) is 9.25. The summed E-state index contributed by atoms with van der Waals surface area (Å²) < 4.78 is 10.7. The monoisotopic (exact) mass is 408 g/mol. The predicted octanol–water partition coefficient (Wildman–Crippen LogP) is 3.92. The van der Waals surface area contributed by atoms with E-state index in [-0.39, 0.29) is 24.9 Å². The number of benzene rings is 2. The standard InChI is InChI=1S/C22H20N2O4S/c1-27-19-9-5-8-18(11-19)24-12-16(10-20(24)25)22(26)28-13-17-14-29-21(23-17)15-6-3-2-4-7-15/h2-9,11,14,16H,10,12-13H2,1H3. The summed E-state index contributed by atoms with van der Waals surface area (Å²) >= 11 is 1.51. The maximum absolute atomic E-state index is 12.5. The van der Waals surface area contributed by atoms with Gasteiger partial charge >= 0.3 is 5.97 Å². The molecular formula is C22H20N2O4S. The van der Waals surface area contributed by atoms with Crippen molar-refractivity contribution >= 4 is 28.9 Å². The average Bonchev–Trinajstić information content (AvgIpc) is 3.39. The second-order valence-corrected chi connectivity index (χ2v) is 7.58. The van der Waals surface area contributed by atoms with Gasteiger partial charge in [0, 0.05) is 35.7 Å². The zero-order chi connectivity index (χ0) is 20.2. The van der Waals surface area contributed by atoms with Crippen LogP contribution in [0, 0.1) is 5.92 Å². The highest BCUT2D eigenvalue weighted by Gasteiger charge is 2.36. The van der Waals surface area contributed by atoms with Gasteiger partial charge in [-0.2, -0.15) is 0 Å². The van der Waals surface area contributed by atoms with Crippen molar-refractivity contribution in [3.05, 3.63) is 65.7 Å². The third-order valence-corrected chi connectivity index (χ3v) is 5.70. The zero-order valence-corrected chi connectivity index (χ0v) is 16.7. The molecule has 1 saturated heterocycles. The lowest BCUT2D eigenvalue weighted by atomic mass is 10.1. The Bertz CT molecular complexity index is 1020. The fraction of sp³-hybridized carbons (Fsp3) is 0.227. The maximum Gasteiger partial charge on any atom is 0.311 e. The van der Waals surface area contributed by atoms with Crippen molar-refractivity contribution < 1.29 is 19.1 Å². The van der Waals surface area contributed by atoms with Gasteiger partial charge in [-0.15, -0.1) is 11.3 Å². The van der Waals surface area contributed by atoms with Gasteiger partial charge in [0.1, 0.15) is 17.4 Å². The van der Waals surface area contributed by atoms with E-state index in [0.717, 1.165) is 16.3 Å². The predicted molar refractivity (Wildman–Crippen MR) is 111 cm³/mol. The summed E-state index contributed by atoms with van der Waals surface area (Å²) in [4.78, 5) is 31.0. The first kappa shape index (κ1) is 19.1. The molecule has 1 aliphatic rings. The normalized spacial score (nSPS) is 16.1. The van der Waals surface area contributed by atoms with Gasteiger partial charge in [-0.3, -0.25) is 9.59 Å². The summed E-state index contributed by atoms with van der Waals surface area (Å²) in [7, 11) is 1.58. The van der Waals surface area contributed by atoms with Crippen LogP contribution in [0.25, 0.3) is 10.6 Å². The zero-order valence-electron chi connectivity index (χ0n) is 15.9. The minimum Gasteiger partial charge on any atom is -0.497 e. The lowest BCUT2D eigenvalue weighted by molar-refractivity contribution is -0.149. The Labute approximate surface area is 172 Å². The van der Waals surface area contributed by atoms with Gasteiger partial charge in [0.25, 0.3) is 0 Å². The molecule has 6 nitrogen and oxygen atoms in total. The highest BCUT2D eigenvalue weighted by atomic mass is 32.1. The van der Waals surface area contributed by atoms with Crippen molar-refractivity contribution in [1.29, 1.82) is 0 Å². The third-order valence-electron chi connectivity index (χ3n) is 4.76. The first-order valence-corrected chi connectivity index (χ1v) is 10.1. The Morgan fingerprint density at radius 3 is 2.83 bits per heavy atom. The molecule has 1 atom stereocenters. The molecule has 3 aromatic rings. The number of thiazole rings is 1. The average molecular weight is 408 g/mol. The van der Waals surface area contributed by atoms with Crippen molar-refractivity contribution in [2.75, 3.05) is 18.6 Å². The fourth-order valence-corrected chi connectivity index (χ4v) is 4.05. The number of ether oxygens (including phenoxy) is 2. The van der Waals surface area contributed by atoms with Crippen LogP contribution in [0.1, 0.15) is 12.1 Å². The molecule has 2 aromatic carbocycles. The van der Waals surface area contributed by atoms with Crippen LogP contribution in [0.15, 0.2) is 60.0 Å². The molecule has 4 rings (SSSR count). The minimum atomic E-state index is -0.485. The van der Waals surface area contributed by atoms with Crippen LogP contribution in [0.3, 0.4) is 0 Å². The van der Waals surface area contributed by atoms with E-state index in [9.17, 15) is 9.59 Å². The second-order valence-electron chi connectivity index (χ2n) is 6.72. The van der Waals surface area contributed by atoms with Crippen LogP contribution in [-0.4, -0.2) is 30.5 Å². The van der Waals surface area contributed by atoms with E-state index in [4.69, 9.17) is 9.47 Å². The van der Waals surface area contributed by atoms with E-state index < -0.39 is 5.92 Å². The van der Waals surface area contributed by atoms with Gasteiger partial charge in [-0.05, 0) is 12.1 Å². The number of rotatable bonds is 6. The van der Waals surface area contributed by atoms with Gasteiger partial charge in [-0.1, -0.05) is 36.4 Å². The van der Waals surface area contributed by atoms with Crippen LogP contribution in [-0.2, 0) is 20.9 Å². The van der Waals surface area contributed by atoms with Gasteiger partial charge < -0.3 is 14.4 Å². The molecule has 1 amide bonds. The number of hydrogen-bond acceptors (Lipinski definition) is 6. The van der Waals surface area contributed by atoms with Crippen molar-refractivity contribution in [3.63, 3.8) is 0 Å². The van der Waals surface area contributed by atoms with Crippen molar-refractivity contribution in [1.82, 2.24) is 4.98 Å². The molecule has 2 heterocycles. The molecule has 0 aliphatic carbocycles. The molecule has 1 fully saturated rings. The van der Waals surface area contributed by atoms with E-state index in [0.29, 0.717) is 18.0 Å². The highest BCUT2D eigenvalue weighted by Crippen LogP contribution is 2.29. The van der Waals surface area contributed by atoms with Gasteiger partial charge in [0.2, 0.25) is 5.91 Å². The Hall–Kier alpha value is -3.19. The van der Waals surface area contributed by atoms with Gasteiger partial charge in [-0.25, -0.2) is 4.98 Å². The van der Waals surface area contributed by atoms with Crippen LogP contribution in [0.5, 0.6) is 5.75 Å². The smallest absolute Gasteiger partial charge is 0.311 e. The molecule has 29 heavy (non-hydrogen) atoms. The Balaban J connectivity index is 1.36. The molecule has 0 spiro atoms. The second kappa shape index (κ2) is 8.45. The number of aromatic nitrogens is 1. The number of methoxy groups -OCH3 is 1. The first-order chi connectivity index (χ1) is 14.1. The van der Waals surface area contributed by atoms with Crippen LogP contribution in [0.2, 0.25) is 0 Å². The fourth-order valence-electron chi connectivity index (χ4n) is 3.24. The number of nitrogens with zero attached hydrogens (tertiary/aromatic N) is 2. The quantitative estimate of drug-likeness (QED) is 0.579. The number of amides is 1. The van der Waals surface area contributed by atoms with E-state index in [1.807, 2.05) is 53.9 Å². The highest BCUT2D eigenvalue weighted by molar-refractivity contribution is 7.13. The topological polar surface area (TPSA) is 68.7 Å². The lowest BCUT2D eigenvalue weighted by Crippen LogP contribution is -2.26. The molecule has 0 bridgehead atoms. The summed E-state index contributed by atoms with van der Waals surface area (Å²) in [5, 5.41) is 2.77. The van der Waals surface area contributed by atoms with Gasteiger partial charge in [0.15, 0.2) is 0 Å². The SMILES string of the molecule is COc1cccc(N2CC(C(=O)OCc3csc(-c4ccccc4)n3)CC2=O)c1. The summed E-state index contributed by atoms with van der Waals surface area (Å²) in [6.45, 7) is 0.406. The van der Waals surface area contributed by atoms with Crippen LogP contribution in [0.4, 0.5) is 5.69 Å². The van der Waals surface area contributed by atoms with Crippen molar-refractivity contribution in [3.8, 4) is 16.3 Å². The largest absolute Gasteiger partial charge is 0.497 e. The van der Waals surface area contributed by atoms with Gasteiger partial charge in [0.05, 0.1) is 18.7 Å². The molecule has 1 aromatic heterocycles. The van der Waals surface area contributed by atoms with E-state index >= 15 is 0 Å². The summed E-state index contributed by atoms with van der Waals surface area (Å²) in [5.41, 5.74) is 2.46. The number of hydrogen-bond donors (Lipinski definition) is 0. The van der Waals surface area contributed by atoms with Crippen molar-refractivity contribution in [2.45, 2.75) is 13.0 Å². The molecule has 0 saturated carbocycles.